The maximum atomic E-state index is 14.7. The van der Waals surface area contributed by atoms with E-state index in [1.54, 1.807) is 30.3 Å². The van der Waals surface area contributed by atoms with Crippen LogP contribution in [0.3, 0.4) is 0 Å². The van der Waals surface area contributed by atoms with Crippen molar-refractivity contribution in [3.63, 3.8) is 0 Å². The highest BCUT2D eigenvalue weighted by molar-refractivity contribution is 7.92. The Morgan fingerprint density at radius 2 is 1.49 bits per heavy atom. The Labute approximate surface area is 294 Å². The van der Waals surface area contributed by atoms with Crippen LogP contribution in [-0.4, -0.2) is 58.0 Å². The fraction of sp³-hybridized carbons (Fsp3) is 0.316. The average molecular weight is 706 g/mol. The lowest BCUT2D eigenvalue weighted by Gasteiger charge is -2.34. The van der Waals surface area contributed by atoms with Crippen molar-refractivity contribution in [2.75, 3.05) is 25.1 Å². The van der Waals surface area contributed by atoms with E-state index in [1.807, 2.05) is 70.2 Å². The minimum absolute atomic E-state index is 0.0158. The third kappa shape index (κ3) is 9.55. The Morgan fingerprint density at radius 1 is 0.837 bits per heavy atom. The number of hydrogen-bond acceptors (Lipinski definition) is 6. The minimum Gasteiger partial charge on any atom is -0.493 e. The van der Waals surface area contributed by atoms with Gasteiger partial charge in [-0.25, -0.2) is 8.42 Å². The first-order valence-corrected chi connectivity index (χ1v) is 17.9. The van der Waals surface area contributed by atoms with E-state index in [0.29, 0.717) is 28.4 Å². The van der Waals surface area contributed by atoms with Gasteiger partial charge in [-0.1, -0.05) is 67.1 Å². The second-order valence-corrected chi connectivity index (χ2v) is 14.3. The van der Waals surface area contributed by atoms with E-state index in [0.717, 1.165) is 21.0 Å². The number of nitrogens with one attached hydrogen (secondary N) is 1. The van der Waals surface area contributed by atoms with E-state index in [2.05, 4.69) is 5.32 Å². The molecule has 49 heavy (non-hydrogen) atoms. The van der Waals surface area contributed by atoms with Gasteiger partial charge < -0.3 is 19.7 Å². The summed E-state index contributed by atoms with van der Waals surface area (Å²) in [5, 5.41) is 3.52. The number of carbonyl (C=O) groups is 2. The van der Waals surface area contributed by atoms with E-state index >= 15 is 0 Å². The van der Waals surface area contributed by atoms with Crippen LogP contribution in [0.2, 0.25) is 5.02 Å². The molecule has 2 amide bonds. The van der Waals surface area contributed by atoms with Crippen LogP contribution in [-0.2, 0) is 32.6 Å². The van der Waals surface area contributed by atoms with Gasteiger partial charge in [-0.2, -0.15) is 0 Å². The lowest BCUT2D eigenvalue weighted by molar-refractivity contribution is -0.140. The molecule has 0 aromatic heterocycles. The molecule has 0 aliphatic rings. The standard InChI is InChI=1S/C38H44ClN3O6S/c1-7-28(4)40-38(44)34(22-29-12-9-8-10-13-29)41(24-30-14-11-15-31(39)21-30)37(43)25-42(32-19-26(2)18-27(3)20-32)49(45,46)33-16-17-35(47-5)36(23-33)48-6/h8-21,23,28,34H,7,22,24-25H2,1-6H3,(H,40,44). The van der Waals surface area contributed by atoms with E-state index < -0.39 is 28.5 Å². The van der Waals surface area contributed by atoms with Crippen LogP contribution in [0.5, 0.6) is 11.5 Å². The van der Waals surface area contributed by atoms with Crippen molar-refractivity contribution in [2.24, 2.45) is 0 Å². The van der Waals surface area contributed by atoms with Gasteiger partial charge in [0.2, 0.25) is 11.8 Å². The van der Waals surface area contributed by atoms with Crippen molar-refractivity contribution >= 4 is 39.1 Å². The summed E-state index contributed by atoms with van der Waals surface area (Å²) in [7, 11) is -1.47. The molecule has 4 aromatic carbocycles. The minimum atomic E-state index is -4.35. The summed E-state index contributed by atoms with van der Waals surface area (Å²) >= 11 is 6.35. The van der Waals surface area contributed by atoms with Gasteiger partial charge in [-0.3, -0.25) is 13.9 Å². The van der Waals surface area contributed by atoms with E-state index in [9.17, 15) is 18.0 Å². The Morgan fingerprint density at radius 3 is 2.10 bits per heavy atom. The molecule has 260 valence electrons. The first-order chi connectivity index (χ1) is 23.4. The zero-order chi connectivity index (χ0) is 35.7. The number of nitrogens with zero attached hydrogens (tertiary/aromatic N) is 2. The van der Waals surface area contributed by atoms with Crippen molar-refractivity contribution in [1.29, 1.82) is 0 Å². The molecule has 2 unspecified atom stereocenters. The van der Waals surface area contributed by atoms with E-state index in [1.165, 1.54) is 37.3 Å². The monoisotopic (exact) mass is 705 g/mol. The van der Waals surface area contributed by atoms with Crippen molar-refractivity contribution in [2.45, 2.75) is 64.1 Å². The summed E-state index contributed by atoms with van der Waals surface area (Å²) in [5.41, 5.74) is 3.49. The SMILES string of the molecule is CCC(C)NC(=O)C(Cc1ccccc1)N(Cc1cccc(Cl)c1)C(=O)CN(c1cc(C)cc(C)c1)S(=O)(=O)c1ccc(OC)c(OC)c1. The van der Waals surface area contributed by atoms with Crippen LogP contribution in [0.1, 0.15) is 42.5 Å². The number of ether oxygens (including phenoxy) is 2. The number of carbonyl (C=O) groups excluding carboxylic acids is 2. The van der Waals surface area contributed by atoms with E-state index in [4.69, 9.17) is 21.1 Å². The molecule has 0 saturated carbocycles. The number of halogens is 1. The number of hydrogen-bond donors (Lipinski definition) is 1. The summed E-state index contributed by atoms with van der Waals surface area (Å²) in [4.78, 5) is 30.1. The molecule has 0 aliphatic heterocycles. The predicted molar refractivity (Wildman–Crippen MR) is 194 cm³/mol. The highest BCUT2D eigenvalue weighted by Crippen LogP contribution is 2.33. The van der Waals surface area contributed by atoms with Crippen LogP contribution in [0.4, 0.5) is 5.69 Å². The molecule has 0 bridgehead atoms. The zero-order valence-electron chi connectivity index (χ0n) is 28.8. The Hall–Kier alpha value is -4.54. The Balaban J connectivity index is 1.86. The molecule has 0 heterocycles. The van der Waals surface area contributed by atoms with Crippen LogP contribution >= 0.6 is 11.6 Å². The maximum absolute atomic E-state index is 14.7. The third-order valence-corrected chi connectivity index (χ3v) is 10.2. The maximum Gasteiger partial charge on any atom is 0.264 e. The lowest BCUT2D eigenvalue weighted by atomic mass is 10.0. The highest BCUT2D eigenvalue weighted by Gasteiger charge is 2.35. The van der Waals surface area contributed by atoms with Gasteiger partial charge in [0.05, 0.1) is 24.8 Å². The molecular weight excluding hydrogens is 662 g/mol. The largest absolute Gasteiger partial charge is 0.493 e. The predicted octanol–water partition coefficient (Wildman–Crippen LogP) is 6.72. The van der Waals surface area contributed by atoms with Crippen molar-refractivity contribution in [3.05, 3.63) is 118 Å². The van der Waals surface area contributed by atoms with Crippen LogP contribution < -0.4 is 19.1 Å². The van der Waals surface area contributed by atoms with Gasteiger partial charge in [0.1, 0.15) is 12.6 Å². The lowest BCUT2D eigenvalue weighted by Crippen LogP contribution is -2.54. The number of anilines is 1. The first-order valence-electron chi connectivity index (χ1n) is 16.1. The highest BCUT2D eigenvalue weighted by atomic mass is 35.5. The van der Waals surface area contributed by atoms with Gasteiger partial charge >= 0.3 is 0 Å². The molecule has 0 fully saturated rings. The summed E-state index contributed by atoms with van der Waals surface area (Å²) in [6.45, 7) is 7.02. The average Bonchev–Trinajstić information content (AvgIpc) is 3.08. The molecule has 11 heteroatoms. The second kappa shape index (κ2) is 16.7. The Bertz CT molecular complexity index is 1850. The fourth-order valence-corrected chi connectivity index (χ4v) is 7.18. The fourth-order valence-electron chi connectivity index (χ4n) is 5.55. The summed E-state index contributed by atoms with van der Waals surface area (Å²) < 4.78 is 40.9. The van der Waals surface area contributed by atoms with Crippen molar-refractivity contribution < 1.29 is 27.5 Å². The molecule has 2 atom stereocenters. The van der Waals surface area contributed by atoms with Gasteiger partial charge in [0.15, 0.2) is 11.5 Å². The van der Waals surface area contributed by atoms with Crippen molar-refractivity contribution in [1.82, 2.24) is 10.2 Å². The number of benzene rings is 4. The molecule has 0 spiro atoms. The number of sulfonamides is 1. The molecule has 4 aromatic rings. The quantitative estimate of drug-likeness (QED) is 0.147. The third-order valence-electron chi connectivity index (χ3n) is 8.23. The smallest absolute Gasteiger partial charge is 0.264 e. The summed E-state index contributed by atoms with van der Waals surface area (Å²) in [6, 6.07) is 25.0. The van der Waals surface area contributed by atoms with E-state index in [-0.39, 0.29) is 35.6 Å². The molecule has 0 saturated heterocycles. The zero-order valence-corrected chi connectivity index (χ0v) is 30.3. The topological polar surface area (TPSA) is 105 Å². The number of aryl methyl sites for hydroxylation is 2. The Kier molecular flexibility index (Phi) is 12.7. The molecule has 4 rings (SSSR count). The first kappa shape index (κ1) is 37.3. The van der Waals surface area contributed by atoms with Gasteiger partial charge in [-0.15, -0.1) is 0 Å². The summed E-state index contributed by atoms with van der Waals surface area (Å²) in [6.07, 6.45) is 0.900. The van der Waals surface area contributed by atoms with Crippen molar-refractivity contribution in [3.8, 4) is 11.5 Å². The van der Waals surface area contributed by atoms with Crippen LogP contribution in [0, 0.1) is 13.8 Å². The number of rotatable bonds is 15. The van der Waals surface area contributed by atoms with Gasteiger partial charge in [0, 0.05) is 30.1 Å². The molecule has 0 aliphatic carbocycles. The molecule has 0 radical (unpaired) electrons. The molecular formula is C38H44ClN3O6S. The number of amides is 2. The molecule has 1 N–H and O–H groups in total. The molecule has 9 nitrogen and oxygen atoms in total. The van der Waals surface area contributed by atoms with Gasteiger partial charge in [0.25, 0.3) is 10.0 Å². The van der Waals surface area contributed by atoms with Crippen LogP contribution in [0.15, 0.2) is 95.9 Å². The van der Waals surface area contributed by atoms with Crippen LogP contribution in [0.25, 0.3) is 0 Å². The number of methoxy groups -OCH3 is 2. The summed E-state index contributed by atoms with van der Waals surface area (Å²) in [5.74, 6) is -0.320. The van der Waals surface area contributed by atoms with Gasteiger partial charge in [-0.05, 0) is 85.8 Å². The normalized spacial score (nSPS) is 12.5. The second-order valence-electron chi connectivity index (χ2n) is 12.0.